The maximum absolute atomic E-state index is 11.0. The first-order valence-electron chi connectivity index (χ1n) is 10.2. The van der Waals surface area contributed by atoms with Gasteiger partial charge in [0.05, 0.1) is 14.2 Å². The SMILES string of the molecule is CC1=C[C@](C)(CO[Si](C(C)C)(C(C)C)C(C)C)[C@@H](O)C[C@@H]1[Si](C)(C)C. The van der Waals surface area contributed by atoms with Crippen LogP contribution in [-0.2, 0) is 4.43 Å². The van der Waals surface area contributed by atoms with Crippen LogP contribution < -0.4 is 0 Å². The highest BCUT2D eigenvalue weighted by Crippen LogP contribution is 2.47. The van der Waals surface area contributed by atoms with Gasteiger partial charge in [0.25, 0.3) is 0 Å². The van der Waals surface area contributed by atoms with Crippen LogP contribution in [0.1, 0.15) is 61.8 Å². The maximum Gasteiger partial charge on any atom is 0.200 e. The van der Waals surface area contributed by atoms with Gasteiger partial charge >= 0.3 is 0 Å². The van der Waals surface area contributed by atoms with E-state index in [2.05, 4.69) is 81.1 Å². The Morgan fingerprint density at radius 3 is 1.88 bits per heavy atom. The quantitative estimate of drug-likeness (QED) is 0.395. The average molecular weight is 385 g/mol. The molecule has 148 valence electrons. The largest absolute Gasteiger partial charge is 0.415 e. The number of aliphatic hydroxyl groups excluding tert-OH is 1. The van der Waals surface area contributed by atoms with Crippen LogP contribution in [0.25, 0.3) is 0 Å². The molecule has 1 rings (SSSR count). The van der Waals surface area contributed by atoms with E-state index >= 15 is 0 Å². The van der Waals surface area contributed by atoms with Crippen LogP contribution in [-0.4, -0.2) is 34.2 Å². The van der Waals surface area contributed by atoms with E-state index in [1.54, 1.807) is 0 Å². The van der Waals surface area contributed by atoms with Gasteiger partial charge in [-0.15, -0.1) is 0 Å². The Hall–Kier alpha value is 0.0938. The monoisotopic (exact) mass is 384 g/mol. The van der Waals surface area contributed by atoms with Crippen molar-refractivity contribution in [3.05, 3.63) is 11.6 Å². The van der Waals surface area contributed by atoms with Gasteiger partial charge in [-0.25, -0.2) is 0 Å². The normalized spacial score (nSPS) is 28.8. The van der Waals surface area contributed by atoms with E-state index in [-0.39, 0.29) is 11.5 Å². The fourth-order valence-corrected chi connectivity index (χ4v) is 13.3. The van der Waals surface area contributed by atoms with Crippen LogP contribution in [0, 0.1) is 5.41 Å². The summed E-state index contributed by atoms with van der Waals surface area (Å²) in [6.07, 6.45) is 2.95. The molecule has 2 nitrogen and oxygen atoms in total. The van der Waals surface area contributed by atoms with Gasteiger partial charge in [0.15, 0.2) is 8.32 Å². The zero-order chi connectivity index (χ0) is 19.8. The van der Waals surface area contributed by atoms with E-state index in [0.717, 1.165) is 6.42 Å². The fourth-order valence-electron chi connectivity index (χ4n) is 5.35. The number of hydrogen-bond donors (Lipinski definition) is 1. The molecule has 0 spiro atoms. The van der Waals surface area contributed by atoms with Crippen molar-refractivity contribution in [2.75, 3.05) is 6.61 Å². The standard InChI is InChI=1S/C21H44O2Si2/c1-15(2)25(16(3)4,17(5)6)23-14-21(8)13-18(7)19(12-20(21)22)24(9,10)11/h13,15-17,19-20,22H,12,14H2,1-11H3/t19-,20-,21+/m0/s1. The minimum atomic E-state index is -1.90. The third-order valence-electron chi connectivity index (χ3n) is 6.71. The topological polar surface area (TPSA) is 29.5 Å². The Morgan fingerprint density at radius 2 is 1.52 bits per heavy atom. The number of aliphatic hydroxyl groups is 1. The number of rotatable bonds is 7. The lowest BCUT2D eigenvalue weighted by molar-refractivity contribution is 0.0181. The molecule has 0 aliphatic heterocycles. The molecular weight excluding hydrogens is 340 g/mol. The molecule has 0 unspecified atom stereocenters. The second kappa shape index (κ2) is 7.99. The fraction of sp³-hybridized carbons (Fsp3) is 0.905. The van der Waals surface area contributed by atoms with Gasteiger partial charge in [0.1, 0.15) is 0 Å². The van der Waals surface area contributed by atoms with E-state index < -0.39 is 16.4 Å². The Morgan fingerprint density at radius 1 is 1.08 bits per heavy atom. The smallest absolute Gasteiger partial charge is 0.200 e. The molecule has 0 aromatic carbocycles. The van der Waals surface area contributed by atoms with E-state index in [0.29, 0.717) is 28.8 Å². The molecule has 25 heavy (non-hydrogen) atoms. The zero-order valence-corrected chi connectivity index (χ0v) is 20.7. The Balaban J connectivity index is 3.10. The minimum absolute atomic E-state index is 0.253. The molecule has 0 heterocycles. The summed E-state index contributed by atoms with van der Waals surface area (Å²) in [5.74, 6) is 0. The van der Waals surface area contributed by atoms with E-state index in [9.17, 15) is 5.11 Å². The molecule has 1 aliphatic rings. The number of hydrogen-bond acceptors (Lipinski definition) is 2. The van der Waals surface area contributed by atoms with Crippen LogP contribution in [0.4, 0.5) is 0 Å². The molecule has 4 heteroatoms. The molecule has 1 aliphatic carbocycles. The molecule has 0 saturated heterocycles. The van der Waals surface area contributed by atoms with Gasteiger partial charge in [-0.2, -0.15) is 0 Å². The molecule has 3 atom stereocenters. The first-order chi connectivity index (χ1) is 11.2. The lowest BCUT2D eigenvalue weighted by atomic mass is 9.76. The van der Waals surface area contributed by atoms with Gasteiger partial charge in [-0.1, -0.05) is 79.8 Å². The van der Waals surface area contributed by atoms with Crippen molar-refractivity contribution in [3.63, 3.8) is 0 Å². The van der Waals surface area contributed by atoms with E-state index in [1.165, 1.54) is 5.57 Å². The molecule has 0 amide bonds. The van der Waals surface area contributed by atoms with Gasteiger partial charge in [-0.05, 0) is 35.5 Å². The maximum atomic E-state index is 11.0. The van der Waals surface area contributed by atoms with Crippen molar-refractivity contribution in [2.45, 2.75) is 110 Å². The third kappa shape index (κ3) is 4.69. The lowest BCUT2D eigenvalue weighted by Gasteiger charge is -2.47. The van der Waals surface area contributed by atoms with Gasteiger partial charge in [0, 0.05) is 12.0 Å². The first kappa shape index (κ1) is 23.1. The molecule has 0 radical (unpaired) electrons. The van der Waals surface area contributed by atoms with Crippen molar-refractivity contribution in [1.29, 1.82) is 0 Å². The second-order valence-corrected chi connectivity index (χ2v) is 21.6. The van der Waals surface area contributed by atoms with Gasteiger partial charge in [-0.3, -0.25) is 0 Å². The van der Waals surface area contributed by atoms with Crippen LogP contribution in [0.15, 0.2) is 11.6 Å². The first-order valence-corrected chi connectivity index (χ1v) is 15.9. The highest BCUT2D eigenvalue weighted by atomic mass is 28.4. The van der Waals surface area contributed by atoms with Crippen molar-refractivity contribution in [2.24, 2.45) is 5.41 Å². The predicted molar refractivity (Wildman–Crippen MR) is 117 cm³/mol. The summed E-state index contributed by atoms with van der Waals surface area (Å²) in [5.41, 5.74) is 3.54. The molecule has 1 N–H and O–H groups in total. The molecule has 0 aromatic rings. The zero-order valence-electron chi connectivity index (χ0n) is 18.7. The van der Waals surface area contributed by atoms with Crippen molar-refractivity contribution in [1.82, 2.24) is 0 Å². The van der Waals surface area contributed by atoms with Crippen LogP contribution in [0.3, 0.4) is 0 Å². The number of allylic oxidation sites excluding steroid dienone is 1. The van der Waals surface area contributed by atoms with E-state index in [1.807, 2.05) is 0 Å². The van der Waals surface area contributed by atoms with Crippen molar-refractivity contribution in [3.8, 4) is 0 Å². The summed E-state index contributed by atoms with van der Waals surface area (Å²) in [6, 6.07) is 0. The average Bonchev–Trinajstić information content (AvgIpc) is 2.41. The summed E-state index contributed by atoms with van der Waals surface area (Å²) < 4.78 is 6.84. The molecular formula is C21H44O2Si2. The van der Waals surface area contributed by atoms with Crippen molar-refractivity contribution < 1.29 is 9.53 Å². The molecule has 0 saturated carbocycles. The Labute approximate surface area is 159 Å². The summed E-state index contributed by atoms with van der Waals surface area (Å²) in [5, 5.41) is 11.0. The predicted octanol–water partition coefficient (Wildman–Crippen LogP) is 6.60. The minimum Gasteiger partial charge on any atom is -0.415 e. The van der Waals surface area contributed by atoms with Gasteiger partial charge in [0.2, 0.25) is 0 Å². The van der Waals surface area contributed by atoms with Gasteiger partial charge < -0.3 is 9.53 Å². The summed E-state index contributed by atoms with van der Waals surface area (Å²) in [6.45, 7) is 26.3. The molecule has 0 fully saturated rings. The Kier molecular flexibility index (Phi) is 7.40. The Bertz CT molecular complexity index is 455. The van der Waals surface area contributed by atoms with Crippen LogP contribution in [0.5, 0.6) is 0 Å². The third-order valence-corrected chi connectivity index (χ3v) is 15.6. The van der Waals surface area contributed by atoms with Crippen LogP contribution in [0.2, 0.25) is 41.8 Å². The second-order valence-electron chi connectivity index (χ2n) is 10.7. The summed E-state index contributed by atoms with van der Waals surface area (Å²) >= 11 is 0. The summed E-state index contributed by atoms with van der Waals surface area (Å²) in [4.78, 5) is 0. The molecule has 0 aromatic heterocycles. The summed E-state index contributed by atoms with van der Waals surface area (Å²) in [7, 11) is -3.19. The van der Waals surface area contributed by atoms with Crippen LogP contribution >= 0.6 is 0 Å². The molecule has 0 bridgehead atoms. The highest BCUT2D eigenvalue weighted by molar-refractivity contribution is 6.78. The lowest BCUT2D eigenvalue weighted by Crippen LogP contribution is -2.52. The van der Waals surface area contributed by atoms with Crippen molar-refractivity contribution >= 4 is 16.4 Å². The van der Waals surface area contributed by atoms with E-state index in [4.69, 9.17) is 4.43 Å². The highest BCUT2D eigenvalue weighted by Gasteiger charge is 2.48.